The highest BCUT2D eigenvalue weighted by Gasteiger charge is 2.65. The molecule has 3 aliphatic heterocycles. The highest BCUT2D eigenvalue weighted by atomic mass is 35.5. The van der Waals surface area contributed by atoms with Crippen LogP contribution in [-0.2, 0) is 19.9 Å². The molecule has 6 rings (SSSR count). The molecule has 174 valence electrons. The third kappa shape index (κ3) is 3.43. The van der Waals surface area contributed by atoms with E-state index in [0.29, 0.717) is 29.7 Å². The molecule has 2 aliphatic carbocycles. The fourth-order valence-electron chi connectivity index (χ4n) is 7.60. The second-order valence-corrected chi connectivity index (χ2v) is 11.9. The Balaban J connectivity index is 1.13. The van der Waals surface area contributed by atoms with Crippen LogP contribution in [0.1, 0.15) is 57.4 Å². The minimum Gasteiger partial charge on any atom is -0.462 e. The van der Waals surface area contributed by atoms with E-state index in [0.717, 1.165) is 44.6 Å². The van der Waals surface area contributed by atoms with Crippen molar-refractivity contribution >= 4 is 17.6 Å². The van der Waals surface area contributed by atoms with E-state index in [1.54, 1.807) is 0 Å². The number of piperidine rings is 1. The van der Waals surface area contributed by atoms with Crippen molar-refractivity contribution in [3.8, 4) is 0 Å². The fraction of sp³-hybridized carbons (Fsp3) is 0.731. The fourth-order valence-corrected chi connectivity index (χ4v) is 7.72. The maximum atomic E-state index is 12.9. The van der Waals surface area contributed by atoms with Crippen LogP contribution in [0, 0.1) is 23.2 Å². The van der Waals surface area contributed by atoms with Crippen LogP contribution >= 0.6 is 11.6 Å². The van der Waals surface area contributed by atoms with Gasteiger partial charge >= 0.3 is 5.97 Å². The molecule has 0 aromatic heterocycles. The smallest absolute Gasteiger partial charge is 0.310 e. The standard InChI is InChI=1S/C26H34ClNO4/c1-24-7-2-8-26(16-31-26)22(24)13-19-20(23(29)32-21(19)14-24)15-28-11-9-25(30,10-12-28)17-3-5-18(27)6-4-17/h3-6,19-22,30H,2,7-16H2,1H3/t19-,20+,21+,22+,24+,26-/m0/s1. The first kappa shape index (κ1) is 21.4. The van der Waals surface area contributed by atoms with E-state index in [9.17, 15) is 9.90 Å². The topological polar surface area (TPSA) is 62.3 Å². The first-order valence-electron chi connectivity index (χ1n) is 12.4. The van der Waals surface area contributed by atoms with Crippen molar-refractivity contribution < 1.29 is 19.4 Å². The SMILES string of the molecule is C[C@]12CCC[C@]3(CO3)[C@@H]1C[C@@H]1[C@@H](C2)OC(=O)[C@@H]1CN1CCC(O)(c2ccc(Cl)cc2)CC1. The predicted octanol–water partition coefficient (Wildman–Crippen LogP) is 4.15. The summed E-state index contributed by atoms with van der Waals surface area (Å²) >= 11 is 6.02. The lowest BCUT2D eigenvalue weighted by atomic mass is 9.53. The van der Waals surface area contributed by atoms with Gasteiger partial charge in [-0.3, -0.25) is 4.79 Å². The number of aliphatic hydroxyl groups is 1. The van der Waals surface area contributed by atoms with Gasteiger partial charge in [0.25, 0.3) is 0 Å². The summed E-state index contributed by atoms with van der Waals surface area (Å²) in [6.45, 7) is 5.62. The number of hydrogen-bond acceptors (Lipinski definition) is 5. The Bertz CT molecular complexity index is 892. The quantitative estimate of drug-likeness (QED) is 0.543. The molecule has 0 unspecified atom stereocenters. The summed E-state index contributed by atoms with van der Waals surface area (Å²) in [7, 11) is 0. The van der Waals surface area contributed by atoms with Crippen LogP contribution < -0.4 is 0 Å². The molecule has 3 saturated heterocycles. The number of nitrogens with zero attached hydrogens (tertiary/aromatic N) is 1. The van der Waals surface area contributed by atoms with Gasteiger partial charge in [0.1, 0.15) is 6.10 Å². The van der Waals surface area contributed by atoms with Crippen LogP contribution in [0.2, 0.25) is 5.02 Å². The number of rotatable bonds is 3. The molecule has 0 radical (unpaired) electrons. The van der Waals surface area contributed by atoms with E-state index < -0.39 is 5.60 Å². The number of halogens is 1. The molecule has 1 spiro atoms. The number of epoxide rings is 1. The van der Waals surface area contributed by atoms with Gasteiger partial charge in [0.2, 0.25) is 0 Å². The molecule has 0 bridgehead atoms. The second kappa shape index (κ2) is 7.43. The van der Waals surface area contributed by atoms with E-state index in [1.807, 2.05) is 24.3 Å². The van der Waals surface area contributed by atoms with Crippen LogP contribution in [0.25, 0.3) is 0 Å². The summed E-state index contributed by atoms with van der Waals surface area (Å²) in [5.41, 5.74) is 0.449. The van der Waals surface area contributed by atoms with Gasteiger partial charge in [-0.2, -0.15) is 0 Å². The van der Waals surface area contributed by atoms with Crippen LogP contribution in [0.3, 0.4) is 0 Å². The molecule has 3 heterocycles. The number of fused-ring (bicyclic) bond motifs is 3. The maximum Gasteiger partial charge on any atom is 0.310 e. The summed E-state index contributed by atoms with van der Waals surface area (Å²) in [5, 5.41) is 11.9. The van der Waals surface area contributed by atoms with Gasteiger partial charge in [0.05, 0.1) is 23.7 Å². The first-order valence-corrected chi connectivity index (χ1v) is 12.7. The zero-order valence-corrected chi connectivity index (χ0v) is 19.7. The van der Waals surface area contributed by atoms with E-state index in [1.165, 1.54) is 19.3 Å². The highest BCUT2D eigenvalue weighted by Crippen LogP contribution is 2.62. The normalized spacial score (nSPS) is 42.9. The van der Waals surface area contributed by atoms with E-state index in [4.69, 9.17) is 21.1 Å². The van der Waals surface area contributed by atoms with Gasteiger partial charge in [-0.25, -0.2) is 0 Å². The molecule has 1 aromatic carbocycles. The Hall–Kier alpha value is -1.14. The summed E-state index contributed by atoms with van der Waals surface area (Å²) < 4.78 is 12.0. The molecule has 6 atom stereocenters. The zero-order chi connectivity index (χ0) is 22.1. The summed E-state index contributed by atoms with van der Waals surface area (Å²) in [4.78, 5) is 15.3. The second-order valence-electron chi connectivity index (χ2n) is 11.4. The number of likely N-dealkylation sites (tertiary alicyclic amines) is 1. The van der Waals surface area contributed by atoms with Crippen molar-refractivity contribution in [2.45, 2.75) is 69.2 Å². The molecule has 1 N–H and O–H groups in total. The van der Waals surface area contributed by atoms with Crippen LogP contribution in [0.15, 0.2) is 24.3 Å². The van der Waals surface area contributed by atoms with Gasteiger partial charge < -0.3 is 19.5 Å². The molecule has 32 heavy (non-hydrogen) atoms. The van der Waals surface area contributed by atoms with Crippen molar-refractivity contribution in [1.82, 2.24) is 4.90 Å². The lowest BCUT2D eigenvalue weighted by Crippen LogP contribution is -2.51. The minimum atomic E-state index is -0.815. The third-order valence-corrected chi connectivity index (χ3v) is 9.85. The van der Waals surface area contributed by atoms with E-state index >= 15 is 0 Å². The number of carbonyl (C=O) groups is 1. The molecular weight excluding hydrogens is 426 g/mol. The van der Waals surface area contributed by atoms with Gasteiger partial charge in [0.15, 0.2) is 0 Å². The summed E-state index contributed by atoms with van der Waals surface area (Å²) in [6, 6.07) is 7.54. The van der Waals surface area contributed by atoms with Crippen LogP contribution in [0.4, 0.5) is 0 Å². The van der Waals surface area contributed by atoms with Crippen molar-refractivity contribution in [2.24, 2.45) is 23.2 Å². The first-order chi connectivity index (χ1) is 15.3. The number of esters is 1. The minimum absolute atomic E-state index is 0.00783. The zero-order valence-electron chi connectivity index (χ0n) is 18.9. The number of carbonyl (C=O) groups excluding carboxylic acids is 1. The Kier molecular flexibility index (Phi) is 4.97. The molecule has 5 fully saturated rings. The molecular formula is C26H34ClNO4. The number of benzene rings is 1. The van der Waals surface area contributed by atoms with Crippen molar-refractivity contribution in [3.05, 3.63) is 34.9 Å². The Morgan fingerprint density at radius 1 is 1.16 bits per heavy atom. The average Bonchev–Trinajstić information content (AvgIpc) is 3.47. The third-order valence-electron chi connectivity index (χ3n) is 9.60. The largest absolute Gasteiger partial charge is 0.462 e. The van der Waals surface area contributed by atoms with Crippen molar-refractivity contribution in [1.29, 1.82) is 0 Å². The predicted molar refractivity (Wildman–Crippen MR) is 121 cm³/mol. The van der Waals surface area contributed by atoms with Gasteiger partial charge in [0, 0.05) is 30.6 Å². The molecule has 5 aliphatic rings. The Morgan fingerprint density at radius 3 is 2.56 bits per heavy atom. The number of ether oxygens (including phenoxy) is 2. The Morgan fingerprint density at radius 2 is 1.88 bits per heavy atom. The van der Waals surface area contributed by atoms with Gasteiger partial charge in [-0.15, -0.1) is 0 Å². The average molecular weight is 460 g/mol. The van der Waals surface area contributed by atoms with Gasteiger partial charge in [-0.1, -0.05) is 30.7 Å². The molecule has 0 amide bonds. The summed E-state index contributed by atoms with van der Waals surface area (Å²) in [5.74, 6) is 0.797. The lowest BCUT2D eigenvalue weighted by molar-refractivity contribution is -0.147. The van der Waals surface area contributed by atoms with E-state index in [-0.39, 0.29) is 29.0 Å². The van der Waals surface area contributed by atoms with Crippen LogP contribution in [-0.4, -0.2) is 53.9 Å². The molecule has 1 aromatic rings. The lowest BCUT2D eigenvalue weighted by Gasteiger charge is -2.51. The van der Waals surface area contributed by atoms with Gasteiger partial charge in [-0.05, 0) is 74.0 Å². The maximum absolute atomic E-state index is 12.9. The number of hydrogen-bond donors (Lipinski definition) is 1. The molecule has 6 heteroatoms. The highest BCUT2D eigenvalue weighted by molar-refractivity contribution is 6.30. The summed E-state index contributed by atoms with van der Waals surface area (Å²) in [6.07, 6.45) is 7.09. The molecule has 2 saturated carbocycles. The monoisotopic (exact) mass is 459 g/mol. The van der Waals surface area contributed by atoms with E-state index in [2.05, 4.69) is 11.8 Å². The molecule has 5 nitrogen and oxygen atoms in total. The van der Waals surface area contributed by atoms with Crippen molar-refractivity contribution in [3.63, 3.8) is 0 Å². The van der Waals surface area contributed by atoms with Crippen LogP contribution in [0.5, 0.6) is 0 Å². The van der Waals surface area contributed by atoms with Crippen molar-refractivity contribution in [2.75, 3.05) is 26.2 Å². The Labute approximate surface area is 195 Å².